The molecule has 19 heavy (non-hydrogen) atoms. The highest BCUT2D eigenvalue weighted by atomic mass is 16.4. The molecule has 3 rings (SSSR count). The number of carboxylic acid groups (broad SMARTS) is 1. The molecule has 0 amide bonds. The quantitative estimate of drug-likeness (QED) is 0.907. The third kappa shape index (κ3) is 1.92. The molecule has 0 unspecified atom stereocenters. The van der Waals surface area contributed by atoms with Crippen molar-refractivity contribution in [1.82, 2.24) is 0 Å². The summed E-state index contributed by atoms with van der Waals surface area (Å²) in [6, 6.07) is 6.89. The Morgan fingerprint density at radius 2 is 2.11 bits per heavy atom. The highest BCUT2D eigenvalue weighted by molar-refractivity contribution is 5.81. The summed E-state index contributed by atoms with van der Waals surface area (Å²) in [5.41, 5.74) is 2.74. The SMILES string of the molecule is CC(C)(C(=O)O)c1ccc2c(c1)N(C1CCC1)CC2. The first-order valence-corrected chi connectivity index (χ1v) is 7.13. The molecule has 1 aromatic rings. The normalized spacial score (nSPS) is 19.2. The molecule has 0 saturated heterocycles. The lowest BCUT2D eigenvalue weighted by atomic mass is 9.84. The monoisotopic (exact) mass is 259 g/mol. The first kappa shape index (κ1) is 12.5. The Kier molecular flexibility index (Phi) is 2.80. The Morgan fingerprint density at radius 3 is 2.68 bits per heavy atom. The Labute approximate surface area is 114 Å². The predicted molar refractivity (Wildman–Crippen MR) is 75.8 cm³/mol. The largest absolute Gasteiger partial charge is 0.481 e. The molecule has 0 atom stereocenters. The van der Waals surface area contributed by atoms with Crippen LogP contribution in [-0.4, -0.2) is 23.7 Å². The summed E-state index contributed by atoms with van der Waals surface area (Å²) in [7, 11) is 0. The van der Waals surface area contributed by atoms with Crippen LogP contribution in [0, 0.1) is 0 Å². The zero-order chi connectivity index (χ0) is 13.6. The molecule has 1 aromatic carbocycles. The maximum absolute atomic E-state index is 11.4. The summed E-state index contributed by atoms with van der Waals surface area (Å²) in [5, 5.41) is 9.36. The molecular formula is C16H21NO2. The second-order valence-corrected chi connectivity index (χ2v) is 6.30. The fourth-order valence-corrected chi connectivity index (χ4v) is 2.99. The van der Waals surface area contributed by atoms with Gasteiger partial charge in [0.1, 0.15) is 0 Å². The van der Waals surface area contributed by atoms with Crippen molar-refractivity contribution < 1.29 is 9.90 Å². The number of fused-ring (bicyclic) bond motifs is 1. The third-order valence-corrected chi connectivity index (χ3v) is 4.79. The van der Waals surface area contributed by atoms with Crippen molar-refractivity contribution in [1.29, 1.82) is 0 Å². The van der Waals surface area contributed by atoms with E-state index in [9.17, 15) is 9.90 Å². The standard InChI is InChI=1S/C16H21NO2/c1-16(2,15(18)19)12-7-6-11-8-9-17(14(11)10-12)13-4-3-5-13/h6-7,10,13H,3-5,8-9H2,1-2H3,(H,18,19). The maximum atomic E-state index is 11.4. The zero-order valence-electron chi connectivity index (χ0n) is 11.6. The fraction of sp³-hybridized carbons (Fsp3) is 0.562. The summed E-state index contributed by atoms with van der Waals surface area (Å²) in [5.74, 6) is -0.763. The molecule has 0 radical (unpaired) electrons. The summed E-state index contributed by atoms with van der Waals surface area (Å²) >= 11 is 0. The summed E-state index contributed by atoms with van der Waals surface area (Å²) < 4.78 is 0. The van der Waals surface area contributed by atoms with Crippen molar-refractivity contribution in [2.45, 2.75) is 51.0 Å². The Balaban J connectivity index is 1.96. The second kappa shape index (κ2) is 4.26. The van der Waals surface area contributed by atoms with Crippen molar-refractivity contribution in [2.24, 2.45) is 0 Å². The number of nitrogens with zero attached hydrogens (tertiary/aromatic N) is 1. The van der Waals surface area contributed by atoms with E-state index < -0.39 is 11.4 Å². The van der Waals surface area contributed by atoms with Gasteiger partial charge in [0.25, 0.3) is 0 Å². The fourth-order valence-electron chi connectivity index (χ4n) is 2.99. The smallest absolute Gasteiger partial charge is 0.313 e. The number of anilines is 1. The lowest BCUT2D eigenvalue weighted by Crippen LogP contribution is -2.39. The van der Waals surface area contributed by atoms with Gasteiger partial charge < -0.3 is 10.0 Å². The Morgan fingerprint density at radius 1 is 1.37 bits per heavy atom. The van der Waals surface area contributed by atoms with Gasteiger partial charge >= 0.3 is 5.97 Å². The number of carbonyl (C=O) groups is 1. The first-order chi connectivity index (χ1) is 9.00. The van der Waals surface area contributed by atoms with E-state index in [0.717, 1.165) is 18.5 Å². The van der Waals surface area contributed by atoms with Crippen LogP contribution in [0.2, 0.25) is 0 Å². The number of aliphatic carboxylic acids is 1. The van der Waals surface area contributed by atoms with Crippen molar-refractivity contribution >= 4 is 11.7 Å². The molecule has 2 aliphatic rings. The van der Waals surface area contributed by atoms with Crippen LogP contribution in [0.1, 0.15) is 44.2 Å². The van der Waals surface area contributed by atoms with Gasteiger partial charge in [0.05, 0.1) is 5.41 Å². The van der Waals surface area contributed by atoms with Crippen LogP contribution < -0.4 is 4.90 Å². The van der Waals surface area contributed by atoms with E-state index in [-0.39, 0.29) is 0 Å². The van der Waals surface area contributed by atoms with E-state index in [2.05, 4.69) is 17.0 Å². The predicted octanol–water partition coefficient (Wildman–Crippen LogP) is 2.96. The van der Waals surface area contributed by atoms with Gasteiger partial charge in [-0.2, -0.15) is 0 Å². The molecule has 0 spiro atoms. The molecule has 1 aliphatic carbocycles. The van der Waals surface area contributed by atoms with Crippen LogP contribution in [0.5, 0.6) is 0 Å². The lowest BCUT2D eigenvalue weighted by Gasteiger charge is -2.37. The summed E-state index contributed by atoms with van der Waals surface area (Å²) in [4.78, 5) is 13.9. The van der Waals surface area contributed by atoms with Crippen LogP contribution in [0.3, 0.4) is 0 Å². The Bertz CT molecular complexity index is 517. The van der Waals surface area contributed by atoms with E-state index >= 15 is 0 Å². The number of benzene rings is 1. The molecular weight excluding hydrogens is 238 g/mol. The number of hydrogen-bond donors (Lipinski definition) is 1. The van der Waals surface area contributed by atoms with Crippen molar-refractivity contribution in [2.75, 3.05) is 11.4 Å². The number of hydrogen-bond acceptors (Lipinski definition) is 2. The molecule has 0 aromatic heterocycles. The van der Waals surface area contributed by atoms with Crippen molar-refractivity contribution in [3.8, 4) is 0 Å². The molecule has 1 heterocycles. The van der Waals surface area contributed by atoms with Crippen LogP contribution in [-0.2, 0) is 16.6 Å². The van der Waals surface area contributed by atoms with Crippen LogP contribution in [0.25, 0.3) is 0 Å². The van der Waals surface area contributed by atoms with Gasteiger partial charge in [0.15, 0.2) is 0 Å². The van der Waals surface area contributed by atoms with Gasteiger partial charge in [-0.3, -0.25) is 4.79 Å². The average Bonchev–Trinajstić information content (AvgIpc) is 2.70. The molecule has 3 heteroatoms. The van der Waals surface area contributed by atoms with E-state index in [1.807, 2.05) is 6.07 Å². The number of rotatable bonds is 3. The topological polar surface area (TPSA) is 40.5 Å². The van der Waals surface area contributed by atoms with Crippen molar-refractivity contribution in [3.63, 3.8) is 0 Å². The van der Waals surface area contributed by atoms with E-state index in [4.69, 9.17) is 0 Å². The van der Waals surface area contributed by atoms with Gasteiger partial charge in [0.2, 0.25) is 0 Å². The molecule has 102 valence electrons. The molecule has 1 N–H and O–H groups in total. The third-order valence-electron chi connectivity index (χ3n) is 4.79. The summed E-state index contributed by atoms with van der Waals surface area (Å²) in [6.07, 6.45) is 4.99. The minimum absolute atomic E-state index is 0.685. The van der Waals surface area contributed by atoms with Gasteiger partial charge in [-0.05, 0) is 56.7 Å². The highest BCUT2D eigenvalue weighted by Gasteiger charge is 2.34. The van der Waals surface area contributed by atoms with Gasteiger partial charge in [-0.25, -0.2) is 0 Å². The van der Waals surface area contributed by atoms with Gasteiger partial charge in [-0.15, -0.1) is 0 Å². The molecule has 1 fully saturated rings. The van der Waals surface area contributed by atoms with Gasteiger partial charge in [-0.1, -0.05) is 12.1 Å². The zero-order valence-corrected chi connectivity index (χ0v) is 11.6. The van der Waals surface area contributed by atoms with E-state index in [0.29, 0.717) is 6.04 Å². The molecule has 1 aliphatic heterocycles. The number of carboxylic acids is 1. The van der Waals surface area contributed by atoms with Crippen molar-refractivity contribution in [3.05, 3.63) is 29.3 Å². The highest BCUT2D eigenvalue weighted by Crippen LogP contribution is 2.38. The summed E-state index contributed by atoms with van der Waals surface area (Å²) in [6.45, 7) is 4.65. The minimum Gasteiger partial charge on any atom is -0.481 e. The average molecular weight is 259 g/mol. The molecule has 0 bridgehead atoms. The van der Waals surface area contributed by atoms with Gasteiger partial charge in [0, 0.05) is 18.3 Å². The van der Waals surface area contributed by atoms with Crippen LogP contribution in [0.4, 0.5) is 5.69 Å². The first-order valence-electron chi connectivity index (χ1n) is 7.13. The lowest BCUT2D eigenvalue weighted by molar-refractivity contribution is -0.142. The van der Waals surface area contributed by atoms with E-state index in [1.54, 1.807) is 13.8 Å². The molecule has 1 saturated carbocycles. The second-order valence-electron chi connectivity index (χ2n) is 6.30. The molecule has 3 nitrogen and oxygen atoms in total. The Hall–Kier alpha value is -1.51. The van der Waals surface area contributed by atoms with Crippen LogP contribution >= 0.6 is 0 Å². The van der Waals surface area contributed by atoms with E-state index in [1.165, 1.54) is 30.5 Å². The van der Waals surface area contributed by atoms with Crippen LogP contribution in [0.15, 0.2) is 18.2 Å². The minimum atomic E-state index is -0.817. The maximum Gasteiger partial charge on any atom is 0.313 e.